The molecular weight excluding hydrogens is 322 g/mol. The first-order chi connectivity index (χ1) is 11.9. The lowest BCUT2D eigenvalue weighted by atomic mass is 10.0. The van der Waals surface area contributed by atoms with Crippen LogP contribution >= 0.6 is 0 Å². The molecule has 0 fully saturated rings. The molecule has 1 heterocycles. The molecule has 0 aliphatic heterocycles. The van der Waals surface area contributed by atoms with E-state index >= 15 is 0 Å². The second-order valence-corrected chi connectivity index (χ2v) is 5.70. The van der Waals surface area contributed by atoms with Crippen molar-refractivity contribution in [1.29, 1.82) is 0 Å². The molecule has 0 atom stereocenters. The van der Waals surface area contributed by atoms with Crippen LogP contribution in [-0.2, 0) is 0 Å². The van der Waals surface area contributed by atoms with Crippen LogP contribution in [0.4, 0.5) is 5.69 Å². The van der Waals surface area contributed by atoms with Crippen molar-refractivity contribution in [1.82, 2.24) is 0 Å². The minimum absolute atomic E-state index is 0.0123. The number of aromatic carboxylic acids is 1. The first-order valence-electron chi connectivity index (χ1n) is 7.53. The molecule has 0 saturated carbocycles. The normalized spacial score (nSPS) is 10.6. The van der Waals surface area contributed by atoms with E-state index in [1.807, 2.05) is 0 Å². The zero-order valence-electron chi connectivity index (χ0n) is 13.6. The topological polar surface area (TPSA) is 99.4 Å². The van der Waals surface area contributed by atoms with Gasteiger partial charge >= 0.3 is 5.63 Å². The Morgan fingerprint density at radius 1 is 1.00 bits per heavy atom. The van der Waals surface area contributed by atoms with Crippen molar-refractivity contribution >= 4 is 28.5 Å². The van der Waals surface area contributed by atoms with Crippen LogP contribution in [0.1, 0.15) is 31.8 Å². The fourth-order valence-corrected chi connectivity index (χ4v) is 2.65. The molecule has 2 aromatic carbocycles. The Labute approximate surface area is 142 Å². The monoisotopic (exact) mass is 336 g/mol. The average Bonchev–Trinajstić information content (AvgIpc) is 2.56. The van der Waals surface area contributed by atoms with Gasteiger partial charge in [-0.15, -0.1) is 0 Å². The molecule has 6 heteroatoms. The Morgan fingerprint density at radius 3 is 2.36 bits per heavy atom. The lowest BCUT2D eigenvalue weighted by Gasteiger charge is -2.13. The maximum Gasteiger partial charge on any atom is 0.336 e. The number of carbonyl (C=O) groups is 2. The molecule has 25 heavy (non-hydrogen) atoms. The van der Waals surface area contributed by atoms with E-state index in [1.54, 1.807) is 32.0 Å². The van der Waals surface area contributed by atoms with Gasteiger partial charge in [0.15, 0.2) is 0 Å². The lowest BCUT2D eigenvalue weighted by molar-refractivity contribution is -0.255. The summed E-state index contributed by atoms with van der Waals surface area (Å²) >= 11 is 0. The summed E-state index contributed by atoms with van der Waals surface area (Å²) in [4.78, 5) is 35.1. The second kappa shape index (κ2) is 6.24. The number of carboxylic acids is 1. The fourth-order valence-electron chi connectivity index (χ4n) is 2.65. The summed E-state index contributed by atoms with van der Waals surface area (Å²) in [6, 6.07) is 10.6. The van der Waals surface area contributed by atoms with E-state index in [0.29, 0.717) is 22.2 Å². The first kappa shape index (κ1) is 16.4. The molecule has 0 aliphatic rings. The van der Waals surface area contributed by atoms with Gasteiger partial charge in [0.25, 0.3) is 5.91 Å². The predicted octanol–water partition coefficient (Wildman–Crippen LogP) is 2.03. The summed E-state index contributed by atoms with van der Waals surface area (Å²) in [6.07, 6.45) is 0. The minimum Gasteiger partial charge on any atom is -0.545 e. The number of amides is 1. The Kier molecular flexibility index (Phi) is 4.10. The molecule has 1 N–H and O–H groups in total. The summed E-state index contributed by atoms with van der Waals surface area (Å²) in [5.41, 5.74) is 1.72. The van der Waals surface area contributed by atoms with Crippen LogP contribution in [-0.4, -0.2) is 11.9 Å². The summed E-state index contributed by atoms with van der Waals surface area (Å²) < 4.78 is 5.16. The van der Waals surface area contributed by atoms with Crippen LogP contribution < -0.4 is 16.0 Å². The smallest absolute Gasteiger partial charge is 0.336 e. The molecule has 3 rings (SSSR count). The van der Waals surface area contributed by atoms with Crippen molar-refractivity contribution in [2.24, 2.45) is 0 Å². The quantitative estimate of drug-likeness (QED) is 0.738. The largest absolute Gasteiger partial charge is 0.545 e. The molecule has 1 aromatic heterocycles. The van der Waals surface area contributed by atoms with Crippen molar-refractivity contribution in [2.75, 3.05) is 5.32 Å². The van der Waals surface area contributed by atoms with Crippen LogP contribution in [0.25, 0.3) is 11.0 Å². The lowest BCUT2D eigenvalue weighted by Crippen LogP contribution is -2.26. The van der Waals surface area contributed by atoms with Crippen molar-refractivity contribution in [3.8, 4) is 0 Å². The van der Waals surface area contributed by atoms with E-state index in [0.717, 1.165) is 5.56 Å². The Morgan fingerprint density at radius 2 is 1.68 bits per heavy atom. The predicted molar refractivity (Wildman–Crippen MR) is 90.7 cm³/mol. The zero-order valence-corrected chi connectivity index (χ0v) is 13.6. The fraction of sp³-hybridized carbons (Fsp3) is 0.105. The van der Waals surface area contributed by atoms with Crippen molar-refractivity contribution in [3.63, 3.8) is 0 Å². The Bertz CT molecular complexity index is 1070. The van der Waals surface area contributed by atoms with Crippen LogP contribution in [0.2, 0.25) is 0 Å². The van der Waals surface area contributed by atoms with Crippen molar-refractivity contribution in [2.45, 2.75) is 13.8 Å². The molecule has 3 aromatic rings. The van der Waals surface area contributed by atoms with Crippen LogP contribution in [0.5, 0.6) is 0 Å². The van der Waals surface area contributed by atoms with E-state index < -0.39 is 17.5 Å². The van der Waals surface area contributed by atoms with Gasteiger partial charge in [0.05, 0.1) is 5.97 Å². The van der Waals surface area contributed by atoms with E-state index in [-0.39, 0.29) is 11.1 Å². The third-order valence-electron chi connectivity index (χ3n) is 3.94. The molecule has 6 nitrogen and oxygen atoms in total. The third kappa shape index (κ3) is 3.14. The van der Waals surface area contributed by atoms with Crippen LogP contribution in [0.3, 0.4) is 0 Å². The van der Waals surface area contributed by atoms with E-state index in [1.165, 1.54) is 24.3 Å². The molecule has 0 unspecified atom stereocenters. The number of hydrogen-bond acceptors (Lipinski definition) is 5. The van der Waals surface area contributed by atoms with Gasteiger partial charge in [0, 0.05) is 28.3 Å². The molecule has 0 bridgehead atoms. The van der Waals surface area contributed by atoms with Gasteiger partial charge in [0.2, 0.25) is 0 Å². The number of rotatable bonds is 3. The summed E-state index contributed by atoms with van der Waals surface area (Å²) in [7, 11) is 0. The number of aryl methyl sites for hydroxylation is 2. The molecule has 0 spiro atoms. The molecule has 1 amide bonds. The van der Waals surface area contributed by atoms with Gasteiger partial charge in [-0.25, -0.2) is 4.79 Å². The van der Waals surface area contributed by atoms with Gasteiger partial charge in [-0.1, -0.05) is 18.2 Å². The molecule has 0 saturated heterocycles. The van der Waals surface area contributed by atoms with Gasteiger partial charge in [-0.2, -0.15) is 0 Å². The van der Waals surface area contributed by atoms with Gasteiger partial charge in [0.1, 0.15) is 5.58 Å². The molecular formula is C19H14NO5-. The number of carbonyl (C=O) groups excluding carboxylic acids is 2. The first-order valence-corrected chi connectivity index (χ1v) is 7.53. The number of hydrogen-bond donors (Lipinski definition) is 1. The number of fused-ring (bicyclic) bond motifs is 1. The van der Waals surface area contributed by atoms with E-state index in [2.05, 4.69) is 5.32 Å². The highest BCUT2D eigenvalue weighted by Crippen LogP contribution is 2.25. The standard InChI is InChI=1S/C19H15NO5/c1-10-8-17(21)25-16-7-11(2)15(9-14(10)16)20-18(22)12-5-3-4-6-13(12)19(23)24/h3-9H,1-2H3,(H,20,22)(H,23,24)/p-1. The third-order valence-corrected chi connectivity index (χ3v) is 3.94. The van der Waals surface area contributed by atoms with Crippen molar-refractivity contribution < 1.29 is 19.1 Å². The highest BCUT2D eigenvalue weighted by Gasteiger charge is 2.14. The highest BCUT2D eigenvalue weighted by molar-refractivity contribution is 6.11. The Balaban J connectivity index is 2.04. The zero-order chi connectivity index (χ0) is 18.1. The summed E-state index contributed by atoms with van der Waals surface area (Å²) in [5, 5.41) is 14.6. The van der Waals surface area contributed by atoms with Gasteiger partial charge in [-0.05, 0) is 43.2 Å². The molecule has 126 valence electrons. The second-order valence-electron chi connectivity index (χ2n) is 5.70. The molecule has 0 radical (unpaired) electrons. The van der Waals surface area contributed by atoms with Crippen LogP contribution in [0.15, 0.2) is 51.7 Å². The number of benzene rings is 2. The number of carboxylic acid groups (broad SMARTS) is 1. The van der Waals surface area contributed by atoms with Gasteiger partial charge < -0.3 is 19.6 Å². The highest BCUT2D eigenvalue weighted by atomic mass is 16.4. The molecule has 0 aliphatic carbocycles. The van der Waals surface area contributed by atoms with E-state index in [9.17, 15) is 19.5 Å². The summed E-state index contributed by atoms with van der Waals surface area (Å²) in [5.74, 6) is -1.98. The van der Waals surface area contributed by atoms with Crippen molar-refractivity contribution in [3.05, 3.63) is 75.1 Å². The SMILES string of the molecule is Cc1cc2oc(=O)cc(C)c2cc1NC(=O)c1ccccc1C(=O)[O-]. The minimum atomic E-state index is -1.42. The van der Waals surface area contributed by atoms with E-state index in [4.69, 9.17) is 4.42 Å². The maximum absolute atomic E-state index is 12.5. The van der Waals surface area contributed by atoms with Crippen LogP contribution in [0, 0.1) is 13.8 Å². The Hall–Kier alpha value is -3.41. The van der Waals surface area contributed by atoms with Gasteiger partial charge in [-0.3, -0.25) is 4.79 Å². The maximum atomic E-state index is 12.5. The summed E-state index contributed by atoms with van der Waals surface area (Å²) in [6.45, 7) is 3.52. The number of nitrogens with one attached hydrogen (secondary N) is 1. The average molecular weight is 336 g/mol. The number of anilines is 1.